The van der Waals surface area contributed by atoms with E-state index < -0.39 is 0 Å². The highest BCUT2D eigenvalue weighted by Gasteiger charge is 2.27. The smallest absolute Gasteiger partial charge is 0.322 e. The molecule has 1 unspecified atom stereocenters. The quantitative estimate of drug-likeness (QED) is 0.881. The zero-order chi connectivity index (χ0) is 12.3. The largest absolute Gasteiger partial charge is 0.394 e. The molecule has 17 heavy (non-hydrogen) atoms. The van der Waals surface area contributed by atoms with Crippen LogP contribution < -0.4 is 5.32 Å². The summed E-state index contributed by atoms with van der Waals surface area (Å²) in [6, 6.07) is 7.26. The molecule has 2 N–H and O–H groups in total. The van der Waals surface area contributed by atoms with Crippen LogP contribution in [0.3, 0.4) is 0 Å². The van der Waals surface area contributed by atoms with Crippen molar-refractivity contribution in [2.24, 2.45) is 0 Å². The number of hydrogen-bond donors (Lipinski definition) is 2. The standard InChI is InChI=1S/C12H15BrN2O2/c13-9-3-5-10(6-4-9)14-12(17)15-7-1-2-11(15)8-16/h3-6,11,16H,1-2,7-8H2,(H,14,17). The van der Waals surface area contributed by atoms with Gasteiger partial charge in [0.1, 0.15) is 0 Å². The molecule has 0 spiro atoms. The van der Waals surface area contributed by atoms with E-state index in [2.05, 4.69) is 21.2 Å². The van der Waals surface area contributed by atoms with E-state index in [9.17, 15) is 4.79 Å². The molecule has 1 atom stereocenters. The van der Waals surface area contributed by atoms with Gasteiger partial charge in [-0.1, -0.05) is 15.9 Å². The number of amides is 2. The van der Waals surface area contributed by atoms with Gasteiger partial charge in [0, 0.05) is 16.7 Å². The predicted molar refractivity (Wildman–Crippen MR) is 70.0 cm³/mol. The van der Waals surface area contributed by atoms with Crippen molar-refractivity contribution in [2.75, 3.05) is 18.5 Å². The molecule has 4 nitrogen and oxygen atoms in total. The number of urea groups is 1. The Bertz CT molecular complexity index is 394. The second-order valence-corrected chi connectivity index (χ2v) is 5.02. The van der Waals surface area contributed by atoms with E-state index in [1.54, 1.807) is 4.90 Å². The van der Waals surface area contributed by atoms with Crippen molar-refractivity contribution in [3.05, 3.63) is 28.7 Å². The van der Waals surface area contributed by atoms with E-state index in [0.29, 0.717) is 6.54 Å². The normalized spacial score (nSPS) is 19.4. The molecule has 5 heteroatoms. The molecule has 0 saturated carbocycles. The fourth-order valence-corrected chi connectivity index (χ4v) is 2.29. The summed E-state index contributed by atoms with van der Waals surface area (Å²) in [5.41, 5.74) is 0.766. The third-order valence-corrected chi connectivity index (χ3v) is 3.47. The molecule has 0 aromatic heterocycles. The Balaban J connectivity index is 1.99. The summed E-state index contributed by atoms with van der Waals surface area (Å²) in [7, 11) is 0. The number of carbonyl (C=O) groups is 1. The van der Waals surface area contributed by atoms with Gasteiger partial charge in [0.05, 0.1) is 12.6 Å². The molecular formula is C12H15BrN2O2. The van der Waals surface area contributed by atoms with Crippen LogP contribution >= 0.6 is 15.9 Å². The highest BCUT2D eigenvalue weighted by atomic mass is 79.9. The first-order valence-electron chi connectivity index (χ1n) is 5.65. The molecule has 1 aromatic rings. The van der Waals surface area contributed by atoms with Crippen LogP contribution in [-0.2, 0) is 0 Å². The fourth-order valence-electron chi connectivity index (χ4n) is 2.02. The zero-order valence-electron chi connectivity index (χ0n) is 9.40. The summed E-state index contributed by atoms with van der Waals surface area (Å²) in [6.45, 7) is 0.751. The number of benzene rings is 1. The van der Waals surface area contributed by atoms with Crippen molar-refractivity contribution < 1.29 is 9.90 Å². The van der Waals surface area contributed by atoms with Gasteiger partial charge in [0.15, 0.2) is 0 Å². The number of hydrogen-bond acceptors (Lipinski definition) is 2. The molecule has 0 aliphatic carbocycles. The number of nitrogens with zero attached hydrogens (tertiary/aromatic N) is 1. The van der Waals surface area contributed by atoms with E-state index >= 15 is 0 Å². The SMILES string of the molecule is O=C(Nc1ccc(Br)cc1)N1CCCC1CO. The summed E-state index contributed by atoms with van der Waals surface area (Å²) in [6.07, 6.45) is 1.84. The van der Waals surface area contributed by atoms with Crippen molar-refractivity contribution in [1.29, 1.82) is 0 Å². The first-order valence-corrected chi connectivity index (χ1v) is 6.44. The number of aliphatic hydroxyl groups is 1. The van der Waals surface area contributed by atoms with E-state index in [1.165, 1.54) is 0 Å². The van der Waals surface area contributed by atoms with E-state index in [1.807, 2.05) is 24.3 Å². The number of carbonyl (C=O) groups excluding carboxylic acids is 1. The molecule has 2 amide bonds. The molecule has 0 bridgehead atoms. The number of aliphatic hydroxyl groups excluding tert-OH is 1. The Hall–Kier alpha value is -1.07. The molecule has 1 aromatic carbocycles. The Morgan fingerprint density at radius 2 is 2.18 bits per heavy atom. The van der Waals surface area contributed by atoms with Crippen molar-refractivity contribution in [2.45, 2.75) is 18.9 Å². The van der Waals surface area contributed by atoms with E-state index in [0.717, 1.165) is 23.0 Å². The van der Waals surface area contributed by atoms with Gasteiger partial charge >= 0.3 is 6.03 Å². The summed E-state index contributed by atoms with van der Waals surface area (Å²) in [4.78, 5) is 13.7. The maximum atomic E-state index is 12.0. The van der Waals surface area contributed by atoms with Gasteiger partial charge in [-0.15, -0.1) is 0 Å². The summed E-state index contributed by atoms with van der Waals surface area (Å²) in [5.74, 6) is 0. The first kappa shape index (κ1) is 12.4. The lowest BCUT2D eigenvalue weighted by molar-refractivity contribution is 0.166. The Labute approximate surface area is 109 Å². The lowest BCUT2D eigenvalue weighted by atomic mass is 10.2. The number of nitrogens with one attached hydrogen (secondary N) is 1. The Kier molecular flexibility index (Phi) is 4.02. The van der Waals surface area contributed by atoms with Crippen LogP contribution in [0.25, 0.3) is 0 Å². The van der Waals surface area contributed by atoms with Gasteiger partial charge in [-0.25, -0.2) is 4.79 Å². The van der Waals surface area contributed by atoms with Gasteiger partial charge < -0.3 is 15.3 Å². The lowest BCUT2D eigenvalue weighted by Crippen LogP contribution is -2.40. The summed E-state index contributed by atoms with van der Waals surface area (Å²) in [5, 5.41) is 12.0. The van der Waals surface area contributed by atoms with Crippen molar-refractivity contribution in [3.63, 3.8) is 0 Å². The number of halogens is 1. The second-order valence-electron chi connectivity index (χ2n) is 4.11. The van der Waals surface area contributed by atoms with Crippen LogP contribution in [0, 0.1) is 0 Å². The molecule has 1 aliphatic rings. The molecule has 2 rings (SSSR count). The Morgan fingerprint density at radius 3 is 2.82 bits per heavy atom. The summed E-state index contributed by atoms with van der Waals surface area (Å²) < 4.78 is 0.977. The minimum absolute atomic E-state index is 0.0355. The number of rotatable bonds is 2. The molecule has 1 fully saturated rings. The predicted octanol–water partition coefficient (Wildman–Crippen LogP) is 2.44. The zero-order valence-corrected chi connectivity index (χ0v) is 11.0. The monoisotopic (exact) mass is 298 g/mol. The van der Waals surface area contributed by atoms with E-state index in [4.69, 9.17) is 5.11 Å². The second kappa shape index (κ2) is 5.51. The maximum absolute atomic E-state index is 12.0. The van der Waals surface area contributed by atoms with E-state index in [-0.39, 0.29) is 18.7 Å². The first-order chi connectivity index (χ1) is 8.20. The average Bonchev–Trinajstić information content (AvgIpc) is 2.80. The minimum Gasteiger partial charge on any atom is -0.394 e. The van der Waals surface area contributed by atoms with Crippen molar-refractivity contribution in [3.8, 4) is 0 Å². The maximum Gasteiger partial charge on any atom is 0.322 e. The van der Waals surface area contributed by atoms with Gasteiger partial charge in [0.2, 0.25) is 0 Å². The highest BCUT2D eigenvalue weighted by Crippen LogP contribution is 2.19. The third kappa shape index (κ3) is 2.98. The van der Waals surface area contributed by atoms with Crippen LogP contribution in [0.1, 0.15) is 12.8 Å². The fraction of sp³-hybridized carbons (Fsp3) is 0.417. The third-order valence-electron chi connectivity index (χ3n) is 2.94. The van der Waals surface area contributed by atoms with Crippen LogP contribution in [0.2, 0.25) is 0 Å². The Morgan fingerprint density at radius 1 is 1.47 bits per heavy atom. The lowest BCUT2D eigenvalue weighted by Gasteiger charge is -2.23. The average molecular weight is 299 g/mol. The van der Waals surface area contributed by atoms with Gasteiger partial charge in [-0.05, 0) is 37.1 Å². The molecule has 92 valence electrons. The molecular weight excluding hydrogens is 284 g/mol. The molecule has 1 heterocycles. The van der Waals surface area contributed by atoms with Crippen molar-refractivity contribution >= 4 is 27.6 Å². The molecule has 1 saturated heterocycles. The number of anilines is 1. The van der Waals surface area contributed by atoms with Crippen LogP contribution in [-0.4, -0.2) is 35.2 Å². The van der Waals surface area contributed by atoms with Crippen LogP contribution in [0.5, 0.6) is 0 Å². The summed E-state index contributed by atoms with van der Waals surface area (Å²) >= 11 is 3.34. The topological polar surface area (TPSA) is 52.6 Å². The van der Waals surface area contributed by atoms with Gasteiger partial charge in [-0.2, -0.15) is 0 Å². The van der Waals surface area contributed by atoms with Crippen LogP contribution in [0.15, 0.2) is 28.7 Å². The van der Waals surface area contributed by atoms with Gasteiger partial charge in [0.25, 0.3) is 0 Å². The molecule has 1 aliphatic heterocycles. The highest BCUT2D eigenvalue weighted by molar-refractivity contribution is 9.10. The van der Waals surface area contributed by atoms with Crippen molar-refractivity contribution in [1.82, 2.24) is 4.90 Å². The van der Waals surface area contributed by atoms with Crippen LogP contribution in [0.4, 0.5) is 10.5 Å². The minimum atomic E-state index is -0.135. The molecule has 0 radical (unpaired) electrons. The van der Waals surface area contributed by atoms with Gasteiger partial charge in [-0.3, -0.25) is 0 Å². The number of likely N-dealkylation sites (tertiary alicyclic amines) is 1.